The molecule has 1 unspecified atom stereocenters. The Morgan fingerprint density at radius 2 is 1.72 bits per heavy atom. The van der Waals surface area contributed by atoms with Crippen LogP contribution in [0.15, 0.2) is 47.0 Å². The lowest BCUT2D eigenvalue weighted by atomic mass is 10.2. The summed E-state index contributed by atoms with van der Waals surface area (Å²) in [6, 6.07) is 10.6. The minimum Gasteiger partial charge on any atom is -0.486 e. The van der Waals surface area contributed by atoms with E-state index in [2.05, 4.69) is 17.3 Å². The minimum absolute atomic E-state index is 0.112. The second kappa shape index (κ2) is 12.5. The van der Waals surface area contributed by atoms with E-state index in [1.807, 2.05) is 24.3 Å². The molecular formula is C28H35N5O6. The van der Waals surface area contributed by atoms with Crippen molar-refractivity contribution in [3.63, 3.8) is 0 Å². The van der Waals surface area contributed by atoms with Gasteiger partial charge < -0.3 is 29.0 Å². The molecule has 0 spiro atoms. The summed E-state index contributed by atoms with van der Waals surface area (Å²) in [5.74, 6) is 0.853. The SMILES string of the molecule is CCOC(=O)N1CCN(C(=O)C(C)n2cc(NC(=O)c3ccc(COc4ccc(CC)cc4)o3)c(C)n2)CC1. The number of piperazine rings is 1. The number of rotatable bonds is 9. The molecule has 3 aromatic rings. The molecule has 1 aliphatic rings. The Kier molecular flexibility index (Phi) is 8.90. The van der Waals surface area contributed by atoms with Crippen LogP contribution in [0, 0.1) is 6.92 Å². The van der Waals surface area contributed by atoms with Crippen molar-refractivity contribution in [1.82, 2.24) is 19.6 Å². The first-order valence-corrected chi connectivity index (χ1v) is 13.2. The zero-order valence-electron chi connectivity index (χ0n) is 22.8. The number of amides is 3. The molecule has 39 heavy (non-hydrogen) atoms. The molecular weight excluding hydrogens is 502 g/mol. The van der Waals surface area contributed by atoms with Crippen LogP contribution in [0.5, 0.6) is 5.75 Å². The van der Waals surface area contributed by atoms with Crippen LogP contribution in [-0.2, 0) is 22.6 Å². The van der Waals surface area contributed by atoms with Gasteiger partial charge in [0, 0.05) is 32.4 Å². The summed E-state index contributed by atoms with van der Waals surface area (Å²) in [6.45, 7) is 9.55. The van der Waals surface area contributed by atoms with Gasteiger partial charge in [-0.25, -0.2) is 4.79 Å². The van der Waals surface area contributed by atoms with Crippen LogP contribution in [0.3, 0.4) is 0 Å². The van der Waals surface area contributed by atoms with Crippen molar-refractivity contribution >= 4 is 23.6 Å². The van der Waals surface area contributed by atoms with Crippen molar-refractivity contribution in [2.75, 3.05) is 38.1 Å². The van der Waals surface area contributed by atoms with Gasteiger partial charge in [0.05, 0.1) is 18.0 Å². The highest BCUT2D eigenvalue weighted by Gasteiger charge is 2.29. The van der Waals surface area contributed by atoms with Crippen LogP contribution >= 0.6 is 0 Å². The van der Waals surface area contributed by atoms with Gasteiger partial charge in [-0.3, -0.25) is 14.3 Å². The monoisotopic (exact) mass is 537 g/mol. The number of benzene rings is 1. The number of ether oxygens (including phenoxy) is 2. The van der Waals surface area contributed by atoms with Crippen molar-refractivity contribution in [3.05, 3.63) is 65.4 Å². The summed E-state index contributed by atoms with van der Waals surface area (Å²) in [5, 5.41) is 7.25. The minimum atomic E-state index is -0.581. The fourth-order valence-electron chi connectivity index (χ4n) is 4.24. The van der Waals surface area contributed by atoms with Gasteiger partial charge in [-0.1, -0.05) is 19.1 Å². The molecule has 0 bridgehead atoms. The highest BCUT2D eigenvalue weighted by Crippen LogP contribution is 2.21. The molecule has 1 atom stereocenters. The number of furan rings is 1. The van der Waals surface area contributed by atoms with E-state index in [4.69, 9.17) is 13.9 Å². The van der Waals surface area contributed by atoms with Gasteiger partial charge in [0.1, 0.15) is 24.2 Å². The maximum absolute atomic E-state index is 13.1. The van der Waals surface area contributed by atoms with Crippen molar-refractivity contribution in [2.24, 2.45) is 0 Å². The van der Waals surface area contributed by atoms with E-state index in [1.54, 1.807) is 48.9 Å². The van der Waals surface area contributed by atoms with E-state index in [0.29, 0.717) is 49.9 Å². The zero-order chi connectivity index (χ0) is 27.9. The number of carbonyl (C=O) groups is 3. The van der Waals surface area contributed by atoms with E-state index in [0.717, 1.165) is 12.2 Å². The van der Waals surface area contributed by atoms with Gasteiger partial charge in [0.15, 0.2) is 5.76 Å². The van der Waals surface area contributed by atoms with E-state index in [9.17, 15) is 14.4 Å². The molecule has 1 N–H and O–H groups in total. The Morgan fingerprint density at radius 3 is 2.38 bits per heavy atom. The third kappa shape index (κ3) is 6.78. The van der Waals surface area contributed by atoms with E-state index in [-0.39, 0.29) is 24.4 Å². The molecule has 1 aliphatic heterocycles. The lowest BCUT2D eigenvalue weighted by molar-refractivity contribution is -0.136. The summed E-state index contributed by atoms with van der Waals surface area (Å²) in [7, 11) is 0. The molecule has 2 aromatic heterocycles. The zero-order valence-corrected chi connectivity index (χ0v) is 22.8. The fraction of sp³-hybridized carbons (Fsp3) is 0.429. The summed E-state index contributed by atoms with van der Waals surface area (Å²) in [5.41, 5.74) is 2.28. The number of hydrogen-bond acceptors (Lipinski definition) is 7. The third-order valence-corrected chi connectivity index (χ3v) is 6.63. The van der Waals surface area contributed by atoms with Gasteiger partial charge >= 0.3 is 6.09 Å². The fourth-order valence-corrected chi connectivity index (χ4v) is 4.24. The molecule has 1 saturated heterocycles. The van der Waals surface area contributed by atoms with Crippen LogP contribution in [-0.4, -0.2) is 70.3 Å². The molecule has 1 aromatic carbocycles. The summed E-state index contributed by atoms with van der Waals surface area (Å²) in [6.07, 6.45) is 2.23. The van der Waals surface area contributed by atoms with Crippen molar-refractivity contribution in [1.29, 1.82) is 0 Å². The van der Waals surface area contributed by atoms with Gasteiger partial charge in [0.2, 0.25) is 5.91 Å². The molecule has 11 nitrogen and oxygen atoms in total. The van der Waals surface area contributed by atoms with Crippen molar-refractivity contribution in [2.45, 2.75) is 46.8 Å². The number of nitrogens with one attached hydrogen (secondary N) is 1. The first kappa shape index (κ1) is 27.7. The number of aromatic nitrogens is 2. The normalized spacial score (nSPS) is 14.2. The van der Waals surface area contributed by atoms with Gasteiger partial charge in [-0.05, 0) is 57.0 Å². The lowest BCUT2D eigenvalue weighted by Crippen LogP contribution is -2.52. The van der Waals surface area contributed by atoms with Crippen LogP contribution in [0.2, 0.25) is 0 Å². The highest BCUT2D eigenvalue weighted by atomic mass is 16.6. The van der Waals surface area contributed by atoms with E-state index < -0.39 is 11.9 Å². The first-order valence-electron chi connectivity index (χ1n) is 13.2. The van der Waals surface area contributed by atoms with Gasteiger partial charge in [-0.2, -0.15) is 5.10 Å². The van der Waals surface area contributed by atoms with Crippen molar-refractivity contribution < 1.29 is 28.3 Å². The molecule has 1 fully saturated rings. The Labute approximate surface area is 227 Å². The number of aryl methyl sites for hydroxylation is 2. The first-order chi connectivity index (χ1) is 18.8. The standard InChI is InChI=1S/C28H35N5O6/c1-5-21-7-9-22(10-8-21)38-18-23-11-12-25(39-23)26(34)29-24-17-33(30-19(24)3)20(4)27(35)31-13-15-32(16-14-31)28(36)37-6-2/h7-12,17,20H,5-6,13-16,18H2,1-4H3,(H,29,34). The Bertz CT molecular complexity index is 1290. The molecule has 3 amide bonds. The average molecular weight is 538 g/mol. The molecule has 4 rings (SSSR count). The quantitative estimate of drug-likeness (QED) is 0.438. The second-order valence-electron chi connectivity index (χ2n) is 9.30. The molecule has 0 radical (unpaired) electrons. The molecule has 0 aliphatic carbocycles. The number of carbonyl (C=O) groups excluding carboxylic acids is 3. The average Bonchev–Trinajstić information content (AvgIpc) is 3.58. The molecule has 3 heterocycles. The molecule has 0 saturated carbocycles. The highest BCUT2D eigenvalue weighted by molar-refractivity contribution is 6.02. The smallest absolute Gasteiger partial charge is 0.409 e. The maximum Gasteiger partial charge on any atom is 0.409 e. The lowest BCUT2D eigenvalue weighted by Gasteiger charge is -2.35. The number of hydrogen-bond donors (Lipinski definition) is 1. The topological polar surface area (TPSA) is 119 Å². The predicted molar refractivity (Wildman–Crippen MR) is 144 cm³/mol. The Balaban J connectivity index is 1.31. The second-order valence-corrected chi connectivity index (χ2v) is 9.30. The predicted octanol–water partition coefficient (Wildman–Crippen LogP) is 4.04. The molecule has 208 valence electrons. The third-order valence-electron chi connectivity index (χ3n) is 6.63. The van der Waals surface area contributed by atoms with Gasteiger partial charge in [0.25, 0.3) is 5.91 Å². The largest absolute Gasteiger partial charge is 0.486 e. The van der Waals surface area contributed by atoms with Crippen LogP contribution < -0.4 is 10.1 Å². The Hall–Kier alpha value is -4.28. The summed E-state index contributed by atoms with van der Waals surface area (Å²) < 4.78 is 18.0. The molecule has 11 heteroatoms. The van der Waals surface area contributed by atoms with Crippen LogP contribution in [0.25, 0.3) is 0 Å². The summed E-state index contributed by atoms with van der Waals surface area (Å²) in [4.78, 5) is 41.1. The number of anilines is 1. The van der Waals surface area contributed by atoms with Crippen LogP contribution in [0.1, 0.15) is 54.4 Å². The van der Waals surface area contributed by atoms with Crippen molar-refractivity contribution in [3.8, 4) is 5.75 Å². The maximum atomic E-state index is 13.1. The Morgan fingerprint density at radius 1 is 1.03 bits per heavy atom. The summed E-state index contributed by atoms with van der Waals surface area (Å²) >= 11 is 0. The van der Waals surface area contributed by atoms with Gasteiger partial charge in [-0.15, -0.1) is 0 Å². The van der Waals surface area contributed by atoms with E-state index >= 15 is 0 Å². The number of nitrogens with zero attached hydrogens (tertiary/aromatic N) is 4. The van der Waals surface area contributed by atoms with E-state index in [1.165, 1.54) is 10.2 Å². The van der Waals surface area contributed by atoms with Crippen LogP contribution in [0.4, 0.5) is 10.5 Å².